The van der Waals surface area contributed by atoms with Crippen LogP contribution in [0.5, 0.6) is 0 Å². The zero-order valence-electron chi connectivity index (χ0n) is 9.55. The van der Waals surface area contributed by atoms with Gasteiger partial charge in [0.2, 0.25) is 0 Å². The number of sulfone groups is 1. The molecule has 0 aliphatic carbocycles. The Morgan fingerprint density at radius 1 is 1.44 bits per heavy atom. The van der Waals surface area contributed by atoms with Crippen LogP contribution in [0.15, 0.2) is 18.3 Å². The minimum absolute atomic E-state index is 0.173. The van der Waals surface area contributed by atoms with E-state index < -0.39 is 9.84 Å². The Morgan fingerprint density at radius 3 is 2.62 bits per heavy atom. The lowest BCUT2D eigenvalue weighted by atomic mass is 10.2. The first-order valence-electron chi connectivity index (χ1n) is 4.93. The predicted molar refractivity (Wildman–Crippen MR) is 64.7 cm³/mol. The Kier molecular flexibility index (Phi) is 4.26. The molecule has 6 heteroatoms. The van der Waals surface area contributed by atoms with Gasteiger partial charge in [-0.05, 0) is 18.7 Å². The van der Waals surface area contributed by atoms with Crippen molar-refractivity contribution in [3.8, 4) is 0 Å². The van der Waals surface area contributed by atoms with Gasteiger partial charge in [0.25, 0.3) is 0 Å². The number of aromatic nitrogens is 1. The lowest BCUT2D eigenvalue weighted by Crippen LogP contribution is -2.24. The highest BCUT2D eigenvalue weighted by Crippen LogP contribution is 2.04. The molecule has 1 aromatic rings. The maximum absolute atomic E-state index is 11.0. The average Bonchev–Trinajstić information content (AvgIpc) is 2.18. The van der Waals surface area contributed by atoms with Crippen molar-refractivity contribution in [2.45, 2.75) is 6.54 Å². The molecular formula is C10H17N3O2S. The minimum atomic E-state index is -2.90. The van der Waals surface area contributed by atoms with Gasteiger partial charge in [-0.2, -0.15) is 0 Å². The van der Waals surface area contributed by atoms with Gasteiger partial charge in [-0.1, -0.05) is 6.07 Å². The summed E-state index contributed by atoms with van der Waals surface area (Å²) < 4.78 is 22.0. The molecule has 0 fully saturated rings. The zero-order valence-corrected chi connectivity index (χ0v) is 10.4. The molecule has 0 aliphatic rings. The van der Waals surface area contributed by atoms with E-state index in [4.69, 9.17) is 5.73 Å². The summed E-state index contributed by atoms with van der Waals surface area (Å²) in [4.78, 5) is 5.91. The predicted octanol–water partition coefficient (Wildman–Crippen LogP) is 0.140. The Morgan fingerprint density at radius 2 is 2.12 bits per heavy atom. The van der Waals surface area contributed by atoms with Crippen LogP contribution in [0.3, 0.4) is 0 Å². The number of pyridine rings is 1. The molecule has 0 radical (unpaired) electrons. The molecule has 0 bridgehead atoms. The molecule has 2 N–H and O–H groups in total. The maximum Gasteiger partial charge on any atom is 0.148 e. The van der Waals surface area contributed by atoms with Crippen molar-refractivity contribution in [3.63, 3.8) is 0 Å². The van der Waals surface area contributed by atoms with Crippen molar-refractivity contribution < 1.29 is 8.42 Å². The second-order valence-electron chi connectivity index (χ2n) is 3.96. The standard InChI is InChI=1S/C10H17N3O2S/c1-13(5-6-16(2,14)15)8-9-3-4-10(11)12-7-9/h3-4,7H,5-6,8H2,1-2H3,(H2,11,12). The second kappa shape index (κ2) is 5.27. The Hall–Kier alpha value is -1.14. The molecule has 0 atom stereocenters. The summed E-state index contributed by atoms with van der Waals surface area (Å²) >= 11 is 0. The number of nitrogen functional groups attached to an aromatic ring is 1. The van der Waals surface area contributed by atoms with E-state index in [-0.39, 0.29) is 5.75 Å². The number of nitrogens with two attached hydrogens (primary N) is 1. The molecule has 5 nitrogen and oxygen atoms in total. The van der Waals surface area contributed by atoms with Crippen molar-refractivity contribution in [2.24, 2.45) is 0 Å². The van der Waals surface area contributed by atoms with E-state index in [9.17, 15) is 8.42 Å². The molecule has 1 aromatic heterocycles. The second-order valence-corrected chi connectivity index (χ2v) is 6.22. The first-order valence-corrected chi connectivity index (χ1v) is 6.99. The fourth-order valence-electron chi connectivity index (χ4n) is 1.24. The van der Waals surface area contributed by atoms with E-state index in [1.807, 2.05) is 18.0 Å². The monoisotopic (exact) mass is 243 g/mol. The molecule has 0 spiro atoms. The summed E-state index contributed by atoms with van der Waals surface area (Å²) in [5.74, 6) is 0.661. The molecule has 1 rings (SSSR count). The fourth-order valence-corrected chi connectivity index (χ4v) is 1.89. The number of hydrogen-bond acceptors (Lipinski definition) is 5. The molecule has 1 heterocycles. The molecule has 0 saturated heterocycles. The van der Waals surface area contributed by atoms with E-state index in [2.05, 4.69) is 4.98 Å². The van der Waals surface area contributed by atoms with Crippen LogP contribution in [-0.2, 0) is 16.4 Å². The fraction of sp³-hybridized carbons (Fsp3) is 0.500. The van der Waals surface area contributed by atoms with E-state index >= 15 is 0 Å². The molecule has 0 amide bonds. The molecule has 0 saturated carbocycles. The molecule has 0 unspecified atom stereocenters. The van der Waals surface area contributed by atoms with Gasteiger partial charge in [-0.25, -0.2) is 13.4 Å². The minimum Gasteiger partial charge on any atom is -0.384 e. The van der Waals surface area contributed by atoms with Crippen LogP contribution in [-0.4, -0.2) is 43.9 Å². The third-order valence-electron chi connectivity index (χ3n) is 2.14. The quantitative estimate of drug-likeness (QED) is 0.796. The molecular weight excluding hydrogens is 226 g/mol. The summed E-state index contributed by atoms with van der Waals surface area (Å²) in [6.45, 7) is 1.19. The first kappa shape index (κ1) is 12.9. The van der Waals surface area contributed by atoms with Gasteiger partial charge in [0.1, 0.15) is 15.7 Å². The third-order valence-corrected chi connectivity index (χ3v) is 3.07. The lowest BCUT2D eigenvalue weighted by Gasteiger charge is -2.15. The topological polar surface area (TPSA) is 76.3 Å². The molecule has 0 aromatic carbocycles. The number of hydrogen-bond donors (Lipinski definition) is 1. The van der Waals surface area contributed by atoms with E-state index in [0.29, 0.717) is 18.9 Å². The third kappa shape index (κ3) is 5.09. The van der Waals surface area contributed by atoms with Crippen LogP contribution < -0.4 is 5.73 Å². The number of nitrogens with zero attached hydrogens (tertiary/aromatic N) is 2. The van der Waals surface area contributed by atoms with Crippen molar-refractivity contribution in [3.05, 3.63) is 23.9 Å². The van der Waals surface area contributed by atoms with Gasteiger partial charge in [0, 0.05) is 25.5 Å². The van der Waals surface area contributed by atoms with Gasteiger partial charge in [0.15, 0.2) is 0 Å². The molecule has 0 aliphatic heterocycles. The molecule has 16 heavy (non-hydrogen) atoms. The van der Waals surface area contributed by atoms with Gasteiger partial charge >= 0.3 is 0 Å². The van der Waals surface area contributed by atoms with Gasteiger partial charge < -0.3 is 10.6 Å². The van der Waals surface area contributed by atoms with Crippen molar-refractivity contribution in [1.29, 1.82) is 0 Å². The highest BCUT2D eigenvalue weighted by Gasteiger charge is 2.06. The summed E-state index contributed by atoms with van der Waals surface area (Å²) in [5.41, 5.74) is 6.49. The summed E-state index contributed by atoms with van der Waals surface area (Å²) in [6, 6.07) is 3.62. The smallest absolute Gasteiger partial charge is 0.148 e. The summed E-state index contributed by atoms with van der Waals surface area (Å²) in [5, 5.41) is 0. The summed E-state index contributed by atoms with van der Waals surface area (Å²) in [6.07, 6.45) is 2.94. The van der Waals surface area contributed by atoms with E-state index in [1.54, 1.807) is 12.3 Å². The number of rotatable bonds is 5. The van der Waals surface area contributed by atoms with Crippen molar-refractivity contribution >= 4 is 15.7 Å². The first-order chi connectivity index (χ1) is 7.37. The van der Waals surface area contributed by atoms with Gasteiger partial charge in [0.05, 0.1) is 5.75 Å². The Balaban J connectivity index is 2.45. The zero-order chi connectivity index (χ0) is 12.2. The number of anilines is 1. The van der Waals surface area contributed by atoms with Crippen LogP contribution >= 0.6 is 0 Å². The lowest BCUT2D eigenvalue weighted by molar-refractivity contribution is 0.346. The van der Waals surface area contributed by atoms with Gasteiger partial charge in [-0.15, -0.1) is 0 Å². The van der Waals surface area contributed by atoms with Crippen molar-refractivity contribution in [2.75, 3.05) is 31.3 Å². The maximum atomic E-state index is 11.0. The van der Waals surface area contributed by atoms with E-state index in [1.165, 1.54) is 6.26 Å². The Bertz CT molecular complexity index is 428. The highest BCUT2D eigenvalue weighted by atomic mass is 32.2. The SMILES string of the molecule is CN(CCS(C)(=O)=O)Cc1ccc(N)nc1. The molecule has 90 valence electrons. The van der Waals surface area contributed by atoms with Crippen LogP contribution in [0.2, 0.25) is 0 Å². The van der Waals surface area contributed by atoms with Crippen LogP contribution in [0.4, 0.5) is 5.82 Å². The largest absolute Gasteiger partial charge is 0.384 e. The Labute approximate surface area is 96.2 Å². The van der Waals surface area contributed by atoms with Gasteiger partial charge in [-0.3, -0.25) is 0 Å². The van der Waals surface area contributed by atoms with E-state index in [0.717, 1.165) is 5.56 Å². The van der Waals surface area contributed by atoms with Crippen LogP contribution in [0.1, 0.15) is 5.56 Å². The average molecular weight is 243 g/mol. The normalized spacial score (nSPS) is 11.9. The van der Waals surface area contributed by atoms with Crippen LogP contribution in [0, 0.1) is 0 Å². The highest BCUT2D eigenvalue weighted by molar-refractivity contribution is 7.90. The van der Waals surface area contributed by atoms with Crippen molar-refractivity contribution in [1.82, 2.24) is 9.88 Å². The van der Waals surface area contributed by atoms with Crippen LogP contribution in [0.25, 0.3) is 0 Å². The summed E-state index contributed by atoms with van der Waals surface area (Å²) in [7, 11) is -1.02.